The third kappa shape index (κ3) is 3.77. The number of anilines is 1. The van der Waals surface area contributed by atoms with E-state index in [1.54, 1.807) is 11.3 Å². The van der Waals surface area contributed by atoms with Crippen molar-refractivity contribution in [1.82, 2.24) is 15.3 Å². The second-order valence-corrected chi connectivity index (χ2v) is 7.43. The maximum atomic E-state index is 4.67. The first kappa shape index (κ1) is 14.0. The van der Waals surface area contributed by atoms with Gasteiger partial charge in [0.25, 0.3) is 0 Å². The first-order valence-electron chi connectivity index (χ1n) is 6.69. The van der Waals surface area contributed by atoms with Gasteiger partial charge in [0.05, 0.1) is 15.7 Å². The van der Waals surface area contributed by atoms with E-state index < -0.39 is 0 Å². The summed E-state index contributed by atoms with van der Waals surface area (Å²) in [5.74, 6) is 0.919. The fourth-order valence-electron chi connectivity index (χ4n) is 1.98. The Labute approximate surface area is 131 Å². The Hall–Kier alpha value is -0.980. The maximum Gasteiger partial charge on any atom is 0.147 e. The number of halogens is 1. The molecule has 1 fully saturated rings. The molecule has 4 nitrogen and oxygen atoms in total. The van der Waals surface area contributed by atoms with Crippen LogP contribution in [0.15, 0.2) is 27.6 Å². The Balaban J connectivity index is 1.63. The molecule has 1 aliphatic carbocycles. The first-order valence-corrected chi connectivity index (χ1v) is 8.36. The highest BCUT2D eigenvalue weighted by Crippen LogP contribution is 2.23. The van der Waals surface area contributed by atoms with Crippen LogP contribution in [0.2, 0.25) is 0 Å². The van der Waals surface area contributed by atoms with Crippen LogP contribution in [0.3, 0.4) is 0 Å². The molecule has 0 aromatic carbocycles. The van der Waals surface area contributed by atoms with E-state index in [0.29, 0.717) is 6.04 Å². The van der Waals surface area contributed by atoms with Crippen molar-refractivity contribution in [2.45, 2.75) is 32.0 Å². The van der Waals surface area contributed by atoms with E-state index in [0.717, 1.165) is 28.4 Å². The molecule has 0 saturated heterocycles. The molecule has 1 saturated carbocycles. The van der Waals surface area contributed by atoms with Crippen LogP contribution in [0.4, 0.5) is 5.82 Å². The molecule has 0 amide bonds. The van der Waals surface area contributed by atoms with Crippen molar-refractivity contribution in [3.8, 4) is 0 Å². The van der Waals surface area contributed by atoms with Gasteiger partial charge in [0.15, 0.2) is 0 Å². The topological polar surface area (TPSA) is 41.1 Å². The number of hydrogen-bond donors (Lipinski definition) is 1. The fraction of sp³-hybridized carbons (Fsp3) is 0.429. The molecule has 0 atom stereocenters. The van der Waals surface area contributed by atoms with Crippen LogP contribution < -0.4 is 10.2 Å². The van der Waals surface area contributed by atoms with Crippen LogP contribution in [-0.2, 0) is 13.1 Å². The number of nitrogens with zero attached hydrogens (tertiary/aromatic N) is 3. The predicted octanol–water partition coefficient (Wildman–Crippen LogP) is 3.19. The van der Waals surface area contributed by atoms with Crippen LogP contribution in [0.25, 0.3) is 0 Å². The minimum absolute atomic E-state index is 0.696. The number of thiophene rings is 1. The van der Waals surface area contributed by atoms with Crippen molar-refractivity contribution < 1.29 is 0 Å². The molecule has 0 bridgehead atoms. The summed E-state index contributed by atoms with van der Waals surface area (Å²) in [6.07, 6.45) is 6.25. The summed E-state index contributed by atoms with van der Waals surface area (Å²) >= 11 is 5.20. The molecule has 1 N–H and O–H groups in total. The van der Waals surface area contributed by atoms with Gasteiger partial charge >= 0.3 is 0 Å². The van der Waals surface area contributed by atoms with Gasteiger partial charge in [-0.2, -0.15) is 0 Å². The second-order valence-electron chi connectivity index (χ2n) is 5.14. The SMILES string of the molecule is CN(Cc1csc(Br)c1)c1cncc(CNC2CC2)n1. The van der Waals surface area contributed by atoms with Gasteiger partial charge in [0, 0.05) is 32.4 Å². The quantitative estimate of drug-likeness (QED) is 0.866. The summed E-state index contributed by atoms with van der Waals surface area (Å²) in [6.45, 7) is 1.65. The molecule has 2 heterocycles. The molecule has 2 aromatic heterocycles. The summed E-state index contributed by atoms with van der Waals surface area (Å²) in [6, 6.07) is 2.84. The van der Waals surface area contributed by atoms with E-state index in [-0.39, 0.29) is 0 Å². The van der Waals surface area contributed by atoms with Gasteiger partial charge in [-0.25, -0.2) is 4.98 Å². The summed E-state index contributed by atoms with van der Waals surface area (Å²) in [5.41, 5.74) is 2.29. The number of aromatic nitrogens is 2. The van der Waals surface area contributed by atoms with Crippen LogP contribution in [0.5, 0.6) is 0 Å². The lowest BCUT2D eigenvalue weighted by Gasteiger charge is -2.17. The zero-order valence-corrected chi connectivity index (χ0v) is 13.7. The van der Waals surface area contributed by atoms with E-state index in [9.17, 15) is 0 Å². The lowest BCUT2D eigenvalue weighted by molar-refractivity contribution is 0.670. The molecule has 0 radical (unpaired) electrons. The summed E-state index contributed by atoms with van der Waals surface area (Å²) in [4.78, 5) is 11.1. The van der Waals surface area contributed by atoms with Gasteiger partial charge in [-0.3, -0.25) is 4.98 Å². The van der Waals surface area contributed by atoms with Crippen LogP contribution in [0, 0.1) is 0 Å². The highest BCUT2D eigenvalue weighted by molar-refractivity contribution is 9.11. The molecule has 0 unspecified atom stereocenters. The molecular weight excluding hydrogens is 336 g/mol. The lowest BCUT2D eigenvalue weighted by Crippen LogP contribution is -2.20. The standard InChI is InChI=1S/C14H17BrN4S/c1-19(8-10-4-13(15)20-9-10)14-7-16-5-12(18-14)6-17-11-2-3-11/h4-5,7,9,11,17H,2-3,6,8H2,1H3. The zero-order valence-electron chi connectivity index (χ0n) is 11.3. The molecular formula is C14H17BrN4S. The summed E-state index contributed by atoms with van der Waals surface area (Å²) in [7, 11) is 2.05. The average Bonchev–Trinajstić information content (AvgIpc) is 3.19. The molecule has 1 aliphatic rings. The highest BCUT2D eigenvalue weighted by Gasteiger charge is 2.20. The van der Waals surface area contributed by atoms with Gasteiger partial charge < -0.3 is 10.2 Å². The molecule has 0 spiro atoms. The van der Waals surface area contributed by atoms with E-state index in [1.807, 2.05) is 19.4 Å². The fourth-order valence-corrected chi connectivity index (χ4v) is 3.18. The molecule has 20 heavy (non-hydrogen) atoms. The minimum atomic E-state index is 0.696. The summed E-state index contributed by atoms with van der Waals surface area (Å²) in [5, 5.41) is 5.63. The molecule has 106 valence electrons. The van der Waals surface area contributed by atoms with E-state index in [2.05, 4.69) is 47.6 Å². The maximum absolute atomic E-state index is 4.67. The van der Waals surface area contributed by atoms with E-state index >= 15 is 0 Å². The van der Waals surface area contributed by atoms with E-state index in [4.69, 9.17) is 0 Å². The van der Waals surface area contributed by atoms with Crippen molar-refractivity contribution in [1.29, 1.82) is 0 Å². The average molecular weight is 353 g/mol. The van der Waals surface area contributed by atoms with Crippen molar-refractivity contribution in [3.05, 3.63) is 38.9 Å². The van der Waals surface area contributed by atoms with Gasteiger partial charge in [-0.15, -0.1) is 11.3 Å². The van der Waals surface area contributed by atoms with Crippen molar-refractivity contribution in [2.24, 2.45) is 0 Å². The third-order valence-corrected chi connectivity index (χ3v) is 4.81. The van der Waals surface area contributed by atoms with Crippen molar-refractivity contribution in [3.63, 3.8) is 0 Å². The Morgan fingerprint density at radius 3 is 3.00 bits per heavy atom. The van der Waals surface area contributed by atoms with Gasteiger partial charge in [0.1, 0.15) is 5.82 Å². The van der Waals surface area contributed by atoms with Crippen LogP contribution >= 0.6 is 27.3 Å². The Bertz CT molecular complexity index is 582. The normalized spacial score (nSPS) is 14.5. The lowest BCUT2D eigenvalue weighted by atomic mass is 10.3. The van der Waals surface area contributed by atoms with E-state index in [1.165, 1.54) is 18.4 Å². The molecule has 0 aliphatic heterocycles. The number of hydrogen-bond acceptors (Lipinski definition) is 5. The van der Waals surface area contributed by atoms with Crippen molar-refractivity contribution >= 4 is 33.1 Å². The monoisotopic (exact) mass is 352 g/mol. The minimum Gasteiger partial charge on any atom is -0.354 e. The smallest absolute Gasteiger partial charge is 0.147 e. The van der Waals surface area contributed by atoms with Gasteiger partial charge in [-0.05, 0) is 45.8 Å². The predicted molar refractivity (Wildman–Crippen MR) is 86.0 cm³/mol. The Morgan fingerprint density at radius 2 is 2.30 bits per heavy atom. The largest absolute Gasteiger partial charge is 0.354 e. The molecule has 2 aromatic rings. The molecule has 6 heteroatoms. The van der Waals surface area contributed by atoms with Gasteiger partial charge in [-0.1, -0.05) is 0 Å². The Kier molecular flexibility index (Phi) is 4.33. The Morgan fingerprint density at radius 1 is 1.45 bits per heavy atom. The first-order chi connectivity index (χ1) is 9.70. The number of rotatable bonds is 6. The second kappa shape index (κ2) is 6.20. The van der Waals surface area contributed by atoms with Crippen LogP contribution in [-0.4, -0.2) is 23.1 Å². The summed E-state index contributed by atoms with van der Waals surface area (Å²) < 4.78 is 1.16. The van der Waals surface area contributed by atoms with Crippen molar-refractivity contribution in [2.75, 3.05) is 11.9 Å². The molecule has 3 rings (SSSR count). The number of nitrogens with one attached hydrogen (secondary N) is 1. The highest BCUT2D eigenvalue weighted by atomic mass is 79.9. The zero-order chi connectivity index (χ0) is 13.9. The third-order valence-electron chi connectivity index (χ3n) is 3.25. The van der Waals surface area contributed by atoms with Gasteiger partial charge in [0.2, 0.25) is 0 Å². The van der Waals surface area contributed by atoms with Crippen LogP contribution in [0.1, 0.15) is 24.1 Å².